The molecule has 38 heavy (non-hydrogen) atoms. The number of allylic oxidation sites excluding steroid dienone is 3. The van der Waals surface area contributed by atoms with E-state index in [9.17, 15) is 0 Å². The van der Waals surface area contributed by atoms with Crippen molar-refractivity contribution in [2.45, 2.75) is 153 Å². The van der Waals surface area contributed by atoms with Crippen molar-refractivity contribution in [1.29, 1.82) is 0 Å². The summed E-state index contributed by atoms with van der Waals surface area (Å²) >= 11 is 3.59. The number of hydrogen-bond donors (Lipinski definition) is 0. The van der Waals surface area contributed by atoms with Crippen molar-refractivity contribution in [1.82, 2.24) is 4.98 Å². The van der Waals surface area contributed by atoms with Crippen LogP contribution >= 0.6 is 15.9 Å². The van der Waals surface area contributed by atoms with Gasteiger partial charge in [-0.15, -0.1) is 19.7 Å². The highest BCUT2D eigenvalue weighted by atomic mass is 79.9. The van der Waals surface area contributed by atoms with E-state index in [2.05, 4.69) is 72.2 Å². The molecule has 1 aromatic heterocycles. The van der Waals surface area contributed by atoms with Gasteiger partial charge in [0, 0.05) is 6.20 Å². The zero-order valence-corrected chi connectivity index (χ0v) is 27.5. The molecule has 0 atom stereocenters. The predicted octanol–water partition coefficient (Wildman–Crippen LogP) is 12.2. The van der Waals surface area contributed by atoms with Gasteiger partial charge in [0.2, 0.25) is 0 Å². The van der Waals surface area contributed by atoms with Crippen LogP contribution in [0.25, 0.3) is 0 Å². The third-order valence-corrected chi connectivity index (χ3v) is 14.2. The summed E-state index contributed by atoms with van der Waals surface area (Å²) in [6.07, 6.45) is 36.8. The fourth-order valence-corrected chi connectivity index (χ4v) is 11.3. The van der Waals surface area contributed by atoms with E-state index in [0.29, 0.717) is 0 Å². The third kappa shape index (κ3) is 17.6. The van der Waals surface area contributed by atoms with Crippen LogP contribution < -0.4 is 5.19 Å². The maximum Gasteiger partial charge on any atom is 0.106 e. The van der Waals surface area contributed by atoms with E-state index in [-0.39, 0.29) is 0 Å². The van der Waals surface area contributed by atoms with Gasteiger partial charge in [-0.3, -0.25) is 0 Å². The van der Waals surface area contributed by atoms with Crippen molar-refractivity contribution in [3.8, 4) is 0 Å². The first kappa shape index (κ1) is 35.1. The molecular weight excluding hydrogens is 542 g/mol. The average molecular weight is 603 g/mol. The minimum Gasteiger partial charge on any atom is -0.249 e. The molecule has 1 nitrogen and oxygen atoms in total. The molecule has 0 aliphatic rings. The Kier molecular flexibility index (Phi) is 23.1. The monoisotopic (exact) mass is 601 g/mol. The van der Waals surface area contributed by atoms with Crippen LogP contribution in [-0.4, -0.2) is 13.1 Å². The van der Waals surface area contributed by atoms with Gasteiger partial charge < -0.3 is 0 Å². The number of nitrogens with zero attached hydrogens (tertiary/aromatic N) is 1. The van der Waals surface area contributed by atoms with Gasteiger partial charge in [-0.25, -0.2) is 4.98 Å². The summed E-state index contributed by atoms with van der Waals surface area (Å²) < 4.78 is 0.975. The number of hydrogen-bond acceptors (Lipinski definition) is 1. The highest BCUT2D eigenvalue weighted by molar-refractivity contribution is 9.10. The molecule has 0 aliphatic carbocycles. The van der Waals surface area contributed by atoms with Crippen molar-refractivity contribution >= 4 is 29.2 Å². The standard InChI is InChI=1S/C35H60BrNSi/c1-4-7-10-13-16-19-22-25-30-38(34-28-29-35(36)37-33-34,31-26-23-20-17-14-11-8-5-2)32-27-24-21-18-15-12-9-6-3/h4-6,28-29,33H,1-3,7-27,30-32H2. The second kappa shape index (κ2) is 25.1. The van der Waals surface area contributed by atoms with Crippen LogP contribution in [0.2, 0.25) is 18.1 Å². The van der Waals surface area contributed by atoms with Crippen LogP contribution in [-0.2, 0) is 0 Å². The lowest BCUT2D eigenvalue weighted by molar-refractivity contribution is 0.597. The first-order valence-electron chi connectivity index (χ1n) is 16.1. The SMILES string of the molecule is C=CCCCCCCCC[Si](CCCCCCCCC=C)(CCCCCCCCC=C)c1ccc(Br)nc1. The highest BCUT2D eigenvalue weighted by Crippen LogP contribution is 2.30. The molecule has 216 valence electrons. The molecule has 0 saturated heterocycles. The molecule has 1 aromatic rings. The average Bonchev–Trinajstić information content (AvgIpc) is 2.93. The van der Waals surface area contributed by atoms with Crippen LogP contribution in [0.5, 0.6) is 0 Å². The Hall–Kier alpha value is -0.933. The summed E-state index contributed by atoms with van der Waals surface area (Å²) in [5.74, 6) is 0. The number of aromatic nitrogens is 1. The quantitative estimate of drug-likeness (QED) is 0.0402. The molecule has 1 rings (SSSR count). The van der Waals surface area contributed by atoms with Crippen molar-refractivity contribution in [2.75, 3.05) is 0 Å². The van der Waals surface area contributed by atoms with Crippen LogP contribution in [0.4, 0.5) is 0 Å². The second-order valence-corrected chi connectivity index (χ2v) is 16.9. The Morgan fingerprint density at radius 2 is 0.868 bits per heavy atom. The molecule has 0 amide bonds. The molecule has 0 aliphatic heterocycles. The van der Waals surface area contributed by atoms with Crippen molar-refractivity contribution in [3.05, 3.63) is 60.9 Å². The zero-order valence-electron chi connectivity index (χ0n) is 24.9. The minimum atomic E-state index is -1.56. The van der Waals surface area contributed by atoms with Gasteiger partial charge in [-0.2, -0.15) is 0 Å². The fourth-order valence-electron chi connectivity index (χ4n) is 5.88. The van der Waals surface area contributed by atoms with Gasteiger partial charge in [0.15, 0.2) is 0 Å². The molecule has 0 radical (unpaired) electrons. The minimum absolute atomic E-state index is 0.975. The van der Waals surface area contributed by atoms with Crippen molar-refractivity contribution < 1.29 is 0 Å². The van der Waals surface area contributed by atoms with Gasteiger partial charge >= 0.3 is 0 Å². The molecular formula is C35H60BrNSi. The van der Waals surface area contributed by atoms with Crippen LogP contribution in [0, 0.1) is 0 Å². The van der Waals surface area contributed by atoms with E-state index in [1.807, 2.05) is 0 Å². The normalized spacial score (nSPS) is 11.5. The molecule has 0 spiro atoms. The number of halogens is 1. The smallest absolute Gasteiger partial charge is 0.106 e. The first-order valence-corrected chi connectivity index (χ1v) is 19.5. The summed E-state index contributed by atoms with van der Waals surface area (Å²) in [5, 5.41) is 1.63. The molecule has 0 saturated carbocycles. The topological polar surface area (TPSA) is 12.9 Å². The number of unbranched alkanes of at least 4 members (excludes halogenated alkanes) is 18. The maximum atomic E-state index is 4.73. The van der Waals surface area contributed by atoms with Crippen molar-refractivity contribution in [3.63, 3.8) is 0 Å². The second-order valence-electron chi connectivity index (χ2n) is 11.5. The summed E-state index contributed by atoms with van der Waals surface area (Å²) in [4.78, 5) is 4.73. The van der Waals surface area contributed by atoms with Gasteiger partial charge in [-0.05, 0) is 65.7 Å². The first-order chi connectivity index (χ1) is 18.7. The molecule has 0 fully saturated rings. The third-order valence-electron chi connectivity index (χ3n) is 8.28. The molecule has 0 bridgehead atoms. The summed E-state index contributed by atoms with van der Waals surface area (Å²) in [5.41, 5.74) is 0. The summed E-state index contributed by atoms with van der Waals surface area (Å²) in [6.45, 7) is 11.6. The molecule has 0 unspecified atom stereocenters. The molecule has 3 heteroatoms. The van der Waals surface area contributed by atoms with Crippen LogP contribution in [0.3, 0.4) is 0 Å². The Morgan fingerprint density at radius 3 is 1.18 bits per heavy atom. The molecule has 1 heterocycles. The zero-order chi connectivity index (χ0) is 27.6. The Bertz CT molecular complexity index is 639. The van der Waals surface area contributed by atoms with Gasteiger partial charge in [0.25, 0.3) is 0 Å². The predicted molar refractivity (Wildman–Crippen MR) is 179 cm³/mol. The Balaban J connectivity index is 2.71. The van der Waals surface area contributed by atoms with E-state index in [0.717, 1.165) is 4.60 Å². The van der Waals surface area contributed by atoms with E-state index in [1.54, 1.807) is 5.19 Å². The summed E-state index contributed by atoms with van der Waals surface area (Å²) in [6, 6.07) is 9.02. The lowest BCUT2D eigenvalue weighted by Gasteiger charge is -2.33. The van der Waals surface area contributed by atoms with Gasteiger partial charge in [0.1, 0.15) is 4.60 Å². The van der Waals surface area contributed by atoms with Crippen LogP contribution in [0.15, 0.2) is 60.9 Å². The summed E-state index contributed by atoms with van der Waals surface area (Å²) in [7, 11) is -1.56. The van der Waals surface area contributed by atoms with E-state index < -0.39 is 8.07 Å². The Labute approximate surface area is 247 Å². The lowest BCUT2D eigenvalue weighted by Crippen LogP contribution is -2.47. The van der Waals surface area contributed by atoms with E-state index in [1.165, 1.54) is 153 Å². The van der Waals surface area contributed by atoms with Gasteiger partial charge in [0.05, 0.1) is 8.07 Å². The van der Waals surface area contributed by atoms with Gasteiger partial charge in [-0.1, -0.05) is 139 Å². The molecule has 0 N–H and O–H groups in total. The lowest BCUT2D eigenvalue weighted by atomic mass is 10.1. The highest BCUT2D eigenvalue weighted by Gasteiger charge is 2.33. The van der Waals surface area contributed by atoms with Crippen LogP contribution in [0.1, 0.15) is 135 Å². The van der Waals surface area contributed by atoms with E-state index >= 15 is 0 Å². The number of rotatable bonds is 28. The molecule has 0 aromatic carbocycles. The largest absolute Gasteiger partial charge is 0.249 e. The maximum absolute atomic E-state index is 4.73. The fraction of sp³-hybridized carbons (Fsp3) is 0.686. The van der Waals surface area contributed by atoms with Crippen molar-refractivity contribution in [2.24, 2.45) is 0 Å². The van der Waals surface area contributed by atoms with E-state index in [4.69, 9.17) is 4.98 Å². The number of pyridine rings is 1. The Morgan fingerprint density at radius 1 is 0.526 bits per heavy atom.